The smallest absolute Gasteiger partial charge is 0.416 e. The van der Waals surface area contributed by atoms with E-state index in [1.807, 2.05) is 0 Å². The van der Waals surface area contributed by atoms with Crippen molar-refractivity contribution in [2.75, 3.05) is 40.0 Å². The molecule has 118 valence electrons. The van der Waals surface area contributed by atoms with Crippen LogP contribution in [0.15, 0.2) is 18.2 Å². The highest BCUT2D eigenvalue weighted by Crippen LogP contribution is 2.38. The fraction of sp³-hybridized carbons (Fsp3) is 0.571. The molecule has 1 heterocycles. The number of hydrogen-bond donors (Lipinski definition) is 1. The molecule has 1 aliphatic rings. The third-order valence-corrected chi connectivity index (χ3v) is 3.66. The Bertz CT molecular complexity index is 473. The minimum atomic E-state index is -4.54. The van der Waals surface area contributed by atoms with Gasteiger partial charge in [0.2, 0.25) is 0 Å². The van der Waals surface area contributed by atoms with E-state index in [4.69, 9.17) is 4.74 Å². The van der Waals surface area contributed by atoms with E-state index in [1.54, 1.807) is 4.90 Å². The van der Waals surface area contributed by atoms with Gasteiger partial charge in [0, 0.05) is 26.2 Å². The van der Waals surface area contributed by atoms with Gasteiger partial charge in [0.25, 0.3) is 0 Å². The van der Waals surface area contributed by atoms with E-state index < -0.39 is 24.5 Å². The lowest BCUT2D eigenvalue weighted by molar-refractivity contribution is -0.139. The molecule has 1 N–H and O–H groups in total. The van der Waals surface area contributed by atoms with E-state index in [-0.39, 0.29) is 11.3 Å². The van der Waals surface area contributed by atoms with E-state index >= 15 is 0 Å². The third-order valence-electron chi connectivity index (χ3n) is 3.66. The first kappa shape index (κ1) is 16.0. The summed E-state index contributed by atoms with van der Waals surface area (Å²) in [7, 11) is 1.30. The maximum absolute atomic E-state index is 13.4. The molecule has 0 radical (unpaired) electrons. The van der Waals surface area contributed by atoms with Crippen molar-refractivity contribution >= 4 is 0 Å². The lowest BCUT2D eigenvalue weighted by Gasteiger charge is -2.34. The largest absolute Gasteiger partial charge is 0.497 e. The van der Waals surface area contributed by atoms with E-state index in [1.165, 1.54) is 19.2 Å². The molecule has 1 aromatic carbocycles. The Morgan fingerprint density at radius 3 is 2.48 bits per heavy atom. The molecule has 0 saturated carbocycles. The number of rotatable bonds is 4. The molecule has 2 rings (SSSR count). The molecule has 1 aromatic rings. The summed E-state index contributed by atoms with van der Waals surface area (Å²) in [5, 5.41) is 3.10. The average Bonchev–Trinajstić information content (AvgIpc) is 2.48. The minimum Gasteiger partial charge on any atom is -0.497 e. The van der Waals surface area contributed by atoms with Gasteiger partial charge in [0.15, 0.2) is 0 Å². The molecule has 1 saturated heterocycles. The second-order valence-corrected chi connectivity index (χ2v) is 4.91. The Labute approximate surface area is 120 Å². The number of benzene rings is 1. The Hall–Kier alpha value is -1.34. The molecule has 7 heteroatoms. The number of methoxy groups -OCH3 is 1. The summed E-state index contributed by atoms with van der Waals surface area (Å²) in [4.78, 5) is 1.74. The summed E-state index contributed by atoms with van der Waals surface area (Å²) < 4.78 is 57.9. The molecule has 0 aliphatic carbocycles. The predicted molar refractivity (Wildman–Crippen MR) is 71.2 cm³/mol. The standard InChI is InChI=1S/C14H18F4N2O/c1-21-10-2-3-11(12(8-10)14(16,17)18)13(9-15)20-6-4-19-5-7-20/h2-3,8,13,19H,4-7,9H2,1H3/t13-/m1/s1. The van der Waals surface area contributed by atoms with Crippen molar-refractivity contribution in [3.05, 3.63) is 29.3 Å². The number of alkyl halides is 4. The zero-order chi connectivity index (χ0) is 15.5. The van der Waals surface area contributed by atoms with Gasteiger partial charge in [-0.2, -0.15) is 13.2 Å². The summed E-state index contributed by atoms with van der Waals surface area (Å²) >= 11 is 0. The SMILES string of the molecule is COc1ccc([C@@H](CF)N2CCNCC2)c(C(F)(F)F)c1. The molecule has 0 aromatic heterocycles. The number of piperazine rings is 1. The Balaban J connectivity index is 2.39. The van der Waals surface area contributed by atoms with Crippen molar-refractivity contribution in [1.82, 2.24) is 10.2 Å². The van der Waals surface area contributed by atoms with E-state index in [0.717, 1.165) is 6.07 Å². The van der Waals surface area contributed by atoms with Crippen LogP contribution >= 0.6 is 0 Å². The number of ether oxygens (including phenoxy) is 1. The summed E-state index contributed by atoms with van der Waals surface area (Å²) in [6.45, 7) is 1.49. The molecule has 1 fully saturated rings. The van der Waals surface area contributed by atoms with Gasteiger partial charge in [-0.15, -0.1) is 0 Å². The maximum Gasteiger partial charge on any atom is 0.416 e. The van der Waals surface area contributed by atoms with Gasteiger partial charge in [-0.1, -0.05) is 6.07 Å². The van der Waals surface area contributed by atoms with Crippen LogP contribution in [0, 0.1) is 0 Å². The molecule has 21 heavy (non-hydrogen) atoms. The van der Waals surface area contributed by atoms with Crippen LogP contribution in [0.4, 0.5) is 17.6 Å². The van der Waals surface area contributed by atoms with Crippen molar-refractivity contribution in [3.8, 4) is 5.75 Å². The van der Waals surface area contributed by atoms with Crippen LogP contribution < -0.4 is 10.1 Å². The van der Waals surface area contributed by atoms with Crippen LogP contribution in [0.1, 0.15) is 17.2 Å². The highest BCUT2D eigenvalue weighted by Gasteiger charge is 2.37. The molecule has 1 atom stereocenters. The van der Waals surface area contributed by atoms with Gasteiger partial charge >= 0.3 is 6.18 Å². The van der Waals surface area contributed by atoms with Crippen LogP contribution in [-0.2, 0) is 6.18 Å². The fourth-order valence-corrected chi connectivity index (χ4v) is 2.57. The first-order valence-electron chi connectivity index (χ1n) is 6.73. The van der Waals surface area contributed by atoms with Gasteiger partial charge in [-0.3, -0.25) is 4.90 Å². The van der Waals surface area contributed by atoms with Crippen molar-refractivity contribution < 1.29 is 22.3 Å². The van der Waals surface area contributed by atoms with E-state index in [2.05, 4.69) is 5.32 Å². The summed E-state index contributed by atoms with van der Waals surface area (Å²) in [5.41, 5.74) is -0.865. The quantitative estimate of drug-likeness (QED) is 0.866. The summed E-state index contributed by atoms with van der Waals surface area (Å²) in [6, 6.07) is 2.80. The van der Waals surface area contributed by atoms with E-state index in [0.29, 0.717) is 26.2 Å². The monoisotopic (exact) mass is 306 g/mol. The molecule has 0 spiro atoms. The molecule has 0 unspecified atom stereocenters. The number of nitrogens with one attached hydrogen (secondary N) is 1. The highest BCUT2D eigenvalue weighted by molar-refractivity contribution is 5.39. The molecule has 0 amide bonds. The van der Waals surface area contributed by atoms with Crippen molar-refractivity contribution in [2.45, 2.75) is 12.2 Å². The molecule has 3 nitrogen and oxygen atoms in total. The lowest BCUT2D eigenvalue weighted by atomic mass is 9.98. The van der Waals surface area contributed by atoms with Crippen molar-refractivity contribution in [3.63, 3.8) is 0 Å². The summed E-state index contributed by atoms with van der Waals surface area (Å²) in [6.07, 6.45) is -4.54. The molecule has 0 bridgehead atoms. The maximum atomic E-state index is 13.4. The lowest BCUT2D eigenvalue weighted by Crippen LogP contribution is -2.46. The van der Waals surface area contributed by atoms with Gasteiger partial charge in [-0.05, 0) is 17.7 Å². The second-order valence-electron chi connectivity index (χ2n) is 4.91. The van der Waals surface area contributed by atoms with E-state index in [9.17, 15) is 17.6 Å². The van der Waals surface area contributed by atoms with Gasteiger partial charge in [0.05, 0.1) is 18.7 Å². The van der Waals surface area contributed by atoms with Gasteiger partial charge in [-0.25, -0.2) is 4.39 Å². The normalized spacial score (nSPS) is 18.5. The zero-order valence-corrected chi connectivity index (χ0v) is 11.7. The first-order chi connectivity index (χ1) is 9.97. The molecule has 1 aliphatic heterocycles. The molecular weight excluding hydrogens is 288 g/mol. The van der Waals surface area contributed by atoms with Crippen LogP contribution in [0.5, 0.6) is 5.75 Å². The van der Waals surface area contributed by atoms with Crippen LogP contribution in [0.2, 0.25) is 0 Å². The van der Waals surface area contributed by atoms with Gasteiger partial charge in [0.1, 0.15) is 12.4 Å². The molecular formula is C14H18F4N2O. The topological polar surface area (TPSA) is 24.5 Å². The zero-order valence-electron chi connectivity index (χ0n) is 11.7. The predicted octanol–water partition coefficient (Wildman–Crippen LogP) is 2.63. The number of nitrogens with zero attached hydrogens (tertiary/aromatic N) is 1. The van der Waals surface area contributed by atoms with Gasteiger partial charge < -0.3 is 10.1 Å². The first-order valence-corrected chi connectivity index (χ1v) is 6.73. The summed E-state index contributed by atoms with van der Waals surface area (Å²) in [5.74, 6) is 0.115. The third kappa shape index (κ3) is 3.65. The number of hydrogen-bond acceptors (Lipinski definition) is 3. The van der Waals surface area contributed by atoms with Crippen LogP contribution in [0.25, 0.3) is 0 Å². The Morgan fingerprint density at radius 1 is 1.29 bits per heavy atom. The second kappa shape index (κ2) is 6.62. The highest BCUT2D eigenvalue weighted by atomic mass is 19.4. The number of halogens is 4. The van der Waals surface area contributed by atoms with Crippen molar-refractivity contribution in [1.29, 1.82) is 0 Å². The average molecular weight is 306 g/mol. The van der Waals surface area contributed by atoms with Crippen LogP contribution in [0.3, 0.4) is 0 Å². The van der Waals surface area contributed by atoms with Crippen LogP contribution in [-0.4, -0.2) is 44.9 Å². The Morgan fingerprint density at radius 2 is 1.95 bits per heavy atom. The fourth-order valence-electron chi connectivity index (χ4n) is 2.57. The Kier molecular flexibility index (Phi) is 5.05. The van der Waals surface area contributed by atoms with Crippen molar-refractivity contribution in [2.24, 2.45) is 0 Å². The minimum absolute atomic E-state index is 0.0345.